The number of amides is 3. The largest absolute Gasteiger partial charge is 0.434 e. The number of benzene rings is 1. The Hall–Kier alpha value is -3.68. The molecule has 0 bridgehead atoms. The lowest BCUT2D eigenvalue weighted by molar-refractivity contribution is -0.125. The highest BCUT2D eigenvalue weighted by Crippen LogP contribution is 2.27. The van der Waals surface area contributed by atoms with Gasteiger partial charge in [0.1, 0.15) is 23.5 Å². The zero-order valence-corrected chi connectivity index (χ0v) is 18.9. The molecule has 1 aliphatic heterocycles. The molecule has 3 amide bonds. The number of alkyl halides is 2. The maximum absolute atomic E-state index is 12.9. The molecule has 34 heavy (non-hydrogen) atoms. The fourth-order valence-electron chi connectivity index (χ4n) is 3.96. The summed E-state index contributed by atoms with van der Waals surface area (Å²) >= 11 is 0. The number of nitrogens with one attached hydrogen (secondary N) is 4. The van der Waals surface area contributed by atoms with Gasteiger partial charge in [0.25, 0.3) is 5.91 Å². The second kappa shape index (κ2) is 11.0. The van der Waals surface area contributed by atoms with Crippen LogP contribution in [-0.4, -0.2) is 47.9 Å². The van der Waals surface area contributed by atoms with Gasteiger partial charge in [0.2, 0.25) is 11.8 Å². The number of aromatic nitrogens is 1. The van der Waals surface area contributed by atoms with Crippen LogP contribution in [0.1, 0.15) is 43.6 Å². The Kier molecular flexibility index (Phi) is 8.04. The number of carbonyl (C=O) groups excluding carboxylic acids is 3. The number of hydrogen-bond donors (Lipinski definition) is 4. The van der Waals surface area contributed by atoms with Crippen molar-refractivity contribution in [2.24, 2.45) is 11.8 Å². The van der Waals surface area contributed by atoms with Gasteiger partial charge in [-0.2, -0.15) is 14.0 Å². The van der Waals surface area contributed by atoms with Gasteiger partial charge in [-0.3, -0.25) is 14.4 Å². The van der Waals surface area contributed by atoms with E-state index in [1.54, 1.807) is 6.07 Å². The van der Waals surface area contributed by atoms with Crippen LogP contribution in [0.3, 0.4) is 0 Å². The van der Waals surface area contributed by atoms with E-state index in [1.165, 1.54) is 18.2 Å². The third-order valence-corrected chi connectivity index (χ3v) is 5.57. The lowest BCUT2D eigenvalue weighted by atomic mass is 9.98. The van der Waals surface area contributed by atoms with Gasteiger partial charge in [0, 0.05) is 23.4 Å². The first-order valence-electron chi connectivity index (χ1n) is 11.0. The van der Waals surface area contributed by atoms with Crippen molar-refractivity contribution in [1.29, 1.82) is 5.26 Å². The van der Waals surface area contributed by atoms with E-state index in [1.807, 2.05) is 19.9 Å². The molecule has 9 nitrogen and oxygen atoms in total. The van der Waals surface area contributed by atoms with Crippen molar-refractivity contribution in [3.05, 3.63) is 30.0 Å². The quantitative estimate of drug-likeness (QED) is 0.419. The van der Waals surface area contributed by atoms with Gasteiger partial charge in [0.15, 0.2) is 0 Å². The number of hydrogen-bond acceptors (Lipinski definition) is 5. The number of carbonyl (C=O) groups is 3. The van der Waals surface area contributed by atoms with E-state index >= 15 is 0 Å². The van der Waals surface area contributed by atoms with Gasteiger partial charge in [-0.25, -0.2) is 0 Å². The van der Waals surface area contributed by atoms with Crippen LogP contribution in [0.25, 0.3) is 10.9 Å². The predicted molar refractivity (Wildman–Crippen MR) is 119 cm³/mol. The van der Waals surface area contributed by atoms with Crippen LogP contribution in [0.2, 0.25) is 0 Å². The Balaban J connectivity index is 1.72. The van der Waals surface area contributed by atoms with Crippen molar-refractivity contribution in [1.82, 2.24) is 20.9 Å². The molecule has 3 atom stereocenters. The lowest BCUT2D eigenvalue weighted by Gasteiger charge is -2.22. The average Bonchev–Trinajstić information content (AvgIpc) is 3.39. The minimum absolute atomic E-state index is 0.0472. The van der Waals surface area contributed by atoms with E-state index in [9.17, 15) is 28.4 Å². The summed E-state index contributed by atoms with van der Waals surface area (Å²) in [5.74, 6) is -1.67. The van der Waals surface area contributed by atoms with Crippen LogP contribution in [-0.2, 0) is 9.59 Å². The summed E-state index contributed by atoms with van der Waals surface area (Å²) < 4.78 is 29.9. The number of rotatable bonds is 10. The van der Waals surface area contributed by atoms with Gasteiger partial charge in [-0.05, 0) is 43.4 Å². The Labute approximate surface area is 195 Å². The zero-order valence-electron chi connectivity index (χ0n) is 18.9. The van der Waals surface area contributed by atoms with Crippen LogP contribution in [0, 0.1) is 23.2 Å². The van der Waals surface area contributed by atoms with Gasteiger partial charge in [-0.1, -0.05) is 19.9 Å². The predicted octanol–water partition coefficient (Wildman–Crippen LogP) is 2.45. The molecule has 11 heteroatoms. The summed E-state index contributed by atoms with van der Waals surface area (Å²) in [6.45, 7) is 1.29. The van der Waals surface area contributed by atoms with E-state index in [2.05, 4.69) is 25.7 Å². The highest BCUT2D eigenvalue weighted by atomic mass is 19.3. The molecule has 1 fully saturated rings. The molecule has 1 aromatic carbocycles. The van der Waals surface area contributed by atoms with E-state index < -0.39 is 30.5 Å². The van der Waals surface area contributed by atoms with E-state index in [-0.39, 0.29) is 35.6 Å². The summed E-state index contributed by atoms with van der Waals surface area (Å²) in [6, 6.07) is 6.06. The third-order valence-electron chi connectivity index (χ3n) is 5.57. The van der Waals surface area contributed by atoms with Crippen LogP contribution in [0.5, 0.6) is 5.75 Å². The van der Waals surface area contributed by atoms with Crippen molar-refractivity contribution in [3.8, 4) is 11.8 Å². The standard InChI is InChI=1S/C23H27F2N5O4/c1-12(2)8-17(21(32)28-14(11-26)9-13-6-7-27-20(13)31)30-22(33)18-10-15-16(29-18)4-3-5-19(15)34-23(24)25/h3-5,10,12-14,17,23,29H,6-9H2,1-2H3,(H,27,31)(H,28,32)(H,30,33)/t13-,14-,17-/m0/s1. The molecule has 2 heterocycles. The Morgan fingerprint density at radius 2 is 2.06 bits per heavy atom. The number of halogens is 2. The fourth-order valence-corrected chi connectivity index (χ4v) is 3.96. The molecular weight excluding hydrogens is 448 g/mol. The molecular formula is C23H27F2N5O4. The van der Waals surface area contributed by atoms with E-state index in [0.29, 0.717) is 30.3 Å². The molecule has 1 aromatic heterocycles. The average molecular weight is 475 g/mol. The number of H-pyrrole nitrogens is 1. The molecule has 2 aromatic rings. The van der Waals surface area contributed by atoms with Gasteiger partial charge in [-0.15, -0.1) is 0 Å². The van der Waals surface area contributed by atoms with Crippen molar-refractivity contribution in [2.75, 3.05) is 6.54 Å². The first-order valence-corrected chi connectivity index (χ1v) is 11.0. The number of nitrogens with zero attached hydrogens (tertiary/aromatic N) is 1. The molecule has 182 valence electrons. The van der Waals surface area contributed by atoms with Crippen molar-refractivity contribution in [3.63, 3.8) is 0 Å². The lowest BCUT2D eigenvalue weighted by Crippen LogP contribution is -2.50. The van der Waals surface area contributed by atoms with E-state index in [4.69, 9.17) is 0 Å². The molecule has 0 spiro atoms. The highest BCUT2D eigenvalue weighted by Gasteiger charge is 2.30. The number of fused-ring (bicyclic) bond motifs is 1. The summed E-state index contributed by atoms with van der Waals surface area (Å²) in [5.41, 5.74) is 0.494. The zero-order chi connectivity index (χ0) is 24.8. The molecule has 0 radical (unpaired) electrons. The highest BCUT2D eigenvalue weighted by molar-refractivity contribution is 6.01. The van der Waals surface area contributed by atoms with Crippen LogP contribution >= 0.6 is 0 Å². The number of nitriles is 1. The van der Waals surface area contributed by atoms with E-state index in [0.717, 1.165) is 0 Å². The van der Waals surface area contributed by atoms with Gasteiger partial charge < -0.3 is 25.7 Å². The molecule has 0 aliphatic carbocycles. The van der Waals surface area contributed by atoms with Crippen LogP contribution < -0.4 is 20.7 Å². The fraction of sp³-hybridized carbons (Fsp3) is 0.478. The minimum Gasteiger partial charge on any atom is -0.434 e. The third kappa shape index (κ3) is 6.21. The van der Waals surface area contributed by atoms with Crippen molar-refractivity contribution >= 4 is 28.6 Å². The smallest absolute Gasteiger partial charge is 0.387 e. The maximum Gasteiger partial charge on any atom is 0.387 e. The molecule has 0 unspecified atom stereocenters. The van der Waals surface area contributed by atoms with Gasteiger partial charge >= 0.3 is 6.61 Å². The SMILES string of the molecule is CC(C)C[C@H](NC(=O)c1cc2c(OC(F)F)cccc2[nH]1)C(=O)N[C@H](C#N)C[C@@H]1CCNC1=O. The summed E-state index contributed by atoms with van der Waals surface area (Å²) in [5, 5.41) is 17.7. The number of aromatic amines is 1. The first-order chi connectivity index (χ1) is 16.2. The van der Waals surface area contributed by atoms with Crippen LogP contribution in [0.15, 0.2) is 24.3 Å². The molecule has 3 rings (SSSR count). The van der Waals surface area contributed by atoms with Crippen LogP contribution in [0.4, 0.5) is 8.78 Å². The normalized spacial score (nSPS) is 17.3. The molecule has 1 aliphatic rings. The molecule has 1 saturated heterocycles. The Morgan fingerprint density at radius 1 is 1.29 bits per heavy atom. The topological polar surface area (TPSA) is 136 Å². The Morgan fingerprint density at radius 3 is 2.68 bits per heavy atom. The Bertz CT molecular complexity index is 1090. The summed E-state index contributed by atoms with van der Waals surface area (Å²) in [6.07, 6.45) is 1.08. The second-order valence-corrected chi connectivity index (χ2v) is 8.64. The minimum atomic E-state index is -3.01. The molecule has 0 saturated carbocycles. The van der Waals surface area contributed by atoms with Crippen molar-refractivity contribution < 1.29 is 27.9 Å². The van der Waals surface area contributed by atoms with Gasteiger partial charge in [0.05, 0.1) is 6.07 Å². The summed E-state index contributed by atoms with van der Waals surface area (Å²) in [7, 11) is 0. The number of ether oxygens (including phenoxy) is 1. The summed E-state index contributed by atoms with van der Waals surface area (Å²) in [4.78, 5) is 40.5. The monoisotopic (exact) mass is 475 g/mol. The second-order valence-electron chi connectivity index (χ2n) is 8.64. The first kappa shape index (κ1) is 25.0. The maximum atomic E-state index is 12.9. The molecule has 4 N–H and O–H groups in total. The van der Waals surface area contributed by atoms with Crippen molar-refractivity contribution in [2.45, 2.75) is 51.8 Å².